The summed E-state index contributed by atoms with van der Waals surface area (Å²) in [5, 5.41) is 6.83. The lowest BCUT2D eigenvalue weighted by Crippen LogP contribution is -2.37. The van der Waals surface area contributed by atoms with E-state index in [0.717, 1.165) is 45.4 Å². The summed E-state index contributed by atoms with van der Waals surface area (Å²) in [5.74, 6) is 0.296. The minimum atomic E-state index is 0.296. The molecule has 0 aromatic carbocycles. The molecule has 0 aliphatic carbocycles. The maximum absolute atomic E-state index is 11.3. The molecule has 1 saturated heterocycles. The molecule has 2 N–H and O–H groups in total. The lowest BCUT2D eigenvalue weighted by Gasteiger charge is -2.15. The summed E-state index contributed by atoms with van der Waals surface area (Å²) in [4.78, 5) is 13.2. The van der Waals surface area contributed by atoms with Gasteiger partial charge in [0, 0.05) is 32.6 Å². The first-order valence-corrected chi connectivity index (χ1v) is 5.94. The van der Waals surface area contributed by atoms with E-state index in [1.807, 2.05) is 11.8 Å². The number of rotatable bonds is 5. The zero-order valence-corrected chi connectivity index (χ0v) is 10.0. The molecule has 0 aromatic heterocycles. The summed E-state index contributed by atoms with van der Waals surface area (Å²) in [6, 6.07) is 0. The van der Waals surface area contributed by atoms with Crippen LogP contribution in [0.2, 0.25) is 0 Å². The molecule has 1 fully saturated rings. The molecule has 1 rings (SSSR count). The second kappa shape index (κ2) is 6.61. The average molecular weight is 229 g/mol. The molecule has 5 heteroatoms. The normalized spacial score (nSPS) is 15.5. The third-order valence-electron chi connectivity index (χ3n) is 2.40. The predicted molar refractivity (Wildman–Crippen MR) is 64.7 cm³/mol. The molecule has 15 heavy (non-hydrogen) atoms. The van der Waals surface area contributed by atoms with Crippen molar-refractivity contribution in [3.63, 3.8) is 0 Å². The SMILES string of the molecule is CCNC(=S)NCCCN1CCCC1=O. The van der Waals surface area contributed by atoms with Crippen molar-refractivity contribution >= 4 is 23.2 Å². The molecule has 0 aromatic rings. The van der Waals surface area contributed by atoms with Crippen LogP contribution in [-0.4, -0.2) is 42.1 Å². The summed E-state index contributed by atoms with van der Waals surface area (Å²) in [6.07, 6.45) is 2.70. The Morgan fingerprint density at radius 1 is 1.53 bits per heavy atom. The van der Waals surface area contributed by atoms with Crippen LogP contribution in [0.3, 0.4) is 0 Å². The van der Waals surface area contributed by atoms with Gasteiger partial charge in [-0.05, 0) is 32.0 Å². The number of hydrogen-bond acceptors (Lipinski definition) is 2. The van der Waals surface area contributed by atoms with Crippen molar-refractivity contribution in [2.24, 2.45) is 0 Å². The van der Waals surface area contributed by atoms with E-state index in [-0.39, 0.29) is 0 Å². The predicted octanol–water partition coefficient (Wildman–Crippen LogP) is 0.483. The first-order chi connectivity index (χ1) is 7.24. The molecule has 1 aliphatic heterocycles. The maximum atomic E-state index is 11.3. The zero-order valence-electron chi connectivity index (χ0n) is 9.21. The van der Waals surface area contributed by atoms with E-state index in [0.29, 0.717) is 11.0 Å². The number of carbonyl (C=O) groups is 1. The number of nitrogens with zero attached hydrogens (tertiary/aromatic N) is 1. The Morgan fingerprint density at radius 2 is 2.33 bits per heavy atom. The summed E-state index contributed by atoms with van der Waals surface area (Å²) in [6.45, 7) is 5.46. The lowest BCUT2D eigenvalue weighted by atomic mass is 10.4. The average Bonchev–Trinajstić information content (AvgIpc) is 2.60. The van der Waals surface area contributed by atoms with Crippen LogP contribution in [0.1, 0.15) is 26.2 Å². The van der Waals surface area contributed by atoms with Gasteiger partial charge in [0.25, 0.3) is 0 Å². The van der Waals surface area contributed by atoms with Gasteiger partial charge in [-0.3, -0.25) is 4.79 Å². The lowest BCUT2D eigenvalue weighted by molar-refractivity contribution is -0.127. The van der Waals surface area contributed by atoms with Gasteiger partial charge in [0.2, 0.25) is 5.91 Å². The molecule has 0 spiro atoms. The van der Waals surface area contributed by atoms with Crippen molar-refractivity contribution in [3.8, 4) is 0 Å². The second-order valence-corrected chi connectivity index (χ2v) is 4.03. The van der Waals surface area contributed by atoms with Gasteiger partial charge in [-0.2, -0.15) is 0 Å². The minimum absolute atomic E-state index is 0.296. The first-order valence-electron chi connectivity index (χ1n) is 5.53. The van der Waals surface area contributed by atoms with E-state index >= 15 is 0 Å². The van der Waals surface area contributed by atoms with Gasteiger partial charge < -0.3 is 15.5 Å². The van der Waals surface area contributed by atoms with E-state index in [4.69, 9.17) is 12.2 Å². The summed E-state index contributed by atoms with van der Waals surface area (Å²) < 4.78 is 0. The fraction of sp³-hybridized carbons (Fsp3) is 0.800. The molecule has 0 atom stereocenters. The molecule has 86 valence electrons. The van der Waals surface area contributed by atoms with Crippen molar-refractivity contribution < 1.29 is 4.79 Å². The highest BCUT2D eigenvalue weighted by atomic mass is 32.1. The van der Waals surface area contributed by atoms with Crippen molar-refractivity contribution in [1.29, 1.82) is 0 Å². The molecule has 4 nitrogen and oxygen atoms in total. The van der Waals surface area contributed by atoms with Crippen LogP contribution in [0.5, 0.6) is 0 Å². The number of amides is 1. The molecule has 1 aliphatic rings. The van der Waals surface area contributed by atoms with E-state index in [1.165, 1.54) is 0 Å². The van der Waals surface area contributed by atoms with Crippen molar-refractivity contribution in [3.05, 3.63) is 0 Å². The van der Waals surface area contributed by atoms with Gasteiger partial charge in [0.05, 0.1) is 0 Å². The Morgan fingerprint density at radius 3 is 2.93 bits per heavy atom. The van der Waals surface area contributed by atoms with E-state index < -0.39 is 0 Å². The Kier molecular flexibility index (Phi) is 5.39. The molecule has 0 radical (unpaired) electrons. The molecule has 0 bridgehead atoms. The topological polar surface area (TPSA) is 44.4 Å². The van der Waals surface area contributed by atoms with E-state index in [1.54, 1.807) is 0 Å². The smallest absolute Gasteiger partial charge is 0.222 e. The fourth-order valence-corrected chi connectivity index (χ4v) is 1.88. The maximum Gasteiger partial charge on any atom is 0.222 e. The first kappa shape index (κ1) is 12.2. The largest absolute Gasteiger partial charge is 0.363 e. The van der Waals surface area contributed by atoms with E-state index in [2.05, 4.69) is 10.6 Å². The third-order valence-corrected chi connectivity index (χ3v) is 2.69. The van der Waals surface area contributed by atoms with Gasteiger partial charge in [-0.25, -0.2) is 0 Å². The van der Waals surface area contributed by atoms with Gasteiger partial charge in [-0.15, -0.1) is 0 Å². The van der Waals surface area contributed by atoms with Crippen LogP contribution in [0.4, 0.5) is 0 Å². The number of nitrogens with one attached hydrogen (secondary N) is 2. The zero-order chi connectivity index (χ0) is 11.1. The van der Waals surface area contributed by atoms with Crippen molar-refractivity contribution in [2.75, 3.05) is 26.2 Å². The third kappa shape index (κ3) is 4.46. The quantitative estimate of drug-likeness (QED) is 0.532. The highest BCUT2D eigenvalue weighted by Gasteiger charge is 2.18. The molecule has 0 unspecified atom stereocenters. The van der Waals surface area contributed by atoms with Crippen molar-refractivity contribution in [2.45, 2.75) is 26.2 Å². The van der Waals surface area contributed by atoms with E-state index in [9.17, 15) is 4.79 Å². The van der Waals surface area contributed by atoms with Crippen LogP contribution in [0, 0.1) is 0 Å². The van der Waals surface area contributed by atoms with Gasteiger partial charge in [0.15, 0.2) is 5.11 Å². The number of hydrogen-bond donors (Lipinski definition) is 2. The van der Waals surface area contributed by atoms with Crippen LogP contribution < -0.4 is 10.6 Å². The van der Waals surface area contributed by atoms with Gasteiger partial charge >= 0.3 is 0 Å². The van der Waals surface area contributed by atoms with Crippen LogP contribution in [-0.2, 0) is 4.79 Å². The number of likely N-dealkylation sites (tertiary alicyclic amines) is 1. The van der Waals surface area contributed by atoms with Gasteiger partial charge in [-0.1, -0.05) is 0 Å². The molecular weight excluding hydrogens is 210 g/mol. The van der Waals surface area contributed by atoms with Crippen LogP contribution >= 0.6 is 12.2 Å². The molecular formula is C10H19N3OS. The Balaban J connectivity index is 2.01. The Hall–Kier alpha value is -0.840. The molecule has 0 saturated carbocycles. The monoisotopic (exact) mass is 229 g/mol. The van der Waals surface area contributed by atoms with Crippen LogP contribution in [0.15, 0.2) is 0 Å². The summed E-state index contributed by atoms with van der Waals surface area (Å²) >= 11 is 5.02. The standard InChI is InChI=1S/C10H19N3OS/c1-2-11-10(15)12-6-4-8-13-7-3-5-9(13)14/h2-8H2,1H3,(H2,11,12,15). The Labute approximate surface area is 96.4 Å². The summed E-state index contributed by atoms with van der Waals surface area (Å²) in [7, 11) is 0. The molecule has 1 amide bonds. The second-order valence-electron chi connectivity index (χ2n) is 3.62. The number of thiocarbonyl (C=S) groups is 1. The highest BCUT2D eigenvalue weighted by molar-refractivity contribution is 7.80. The van der Waals surface area contributed by atoms with Gasteiger partial charge in [0.1, 0.15) is 0 Å². The fourth-order valence-electron chi connectivity index (χ4n) is 1.64. The highest BCUT2D eigenvalue weighted by Crippen LogP contribution is 2.09. The van der Waals surface area contributed by atoms with Crippen molar-refractivity contribution in [1.82, 2.24) is 15.5 Å². The number of carbonyl (C=O) groups excluding carboxylic acids is 1. The summed E-state index contributed by atoms with van der Waals surface area (Å²) in [5.41, 5.74) is 0. The Bertz CT molecular complexity index is 233. The minimum Gasteiger partial charge on any atom is -0.363 e. The van der Waals surface area contributed by atoms with Crippen LogP contribution in [0.25, 0.3) is 0 Å². The molecule has 1 heterocycles.